The summed E-state index contributed by atoms with van der Waals surface area (Å²) in [7, 11) is 0. The fourth-order valence-corrected chi connectivity index (χ4v) is 3.29. The molecule has 144 valence electrons. The number of hydrogen-bond acceptors (Lipinski definition) is 5. The van der Waals surface area contributed by atoms with E-state index in [4.69, 9.17) is 0 Å². The van der Waals surface area contributed by atoms with Gasteiger partial charge < -0.3 is 14.7 Å². The lowest BCUT2D eigenvalue weighted by molar-refractivity contribution is 0.0689. The quantitative estimate of drug-likeness (QED) is 0.786. The van der Waals surface area contributed by atoms with Crippen LogP contribution in [0.3, 0.4) is 0 Å². The third-order valence-corrected chi connectivity index (χ3v) is 5.07. The molecule has 0 radical (unpaired) electrons. The average molecular weight is 367 g/mol. The molecule has 3 rings (SSSR count). The number of anilines is 1. The minimum Gasteiger partial charge on any atom is -0.338 e. The zero-order valence-electron chi connectivity index (χ0n) is 16.5. The first-order chi connectivity index (χ1) is 13.1. The number of likely N-dealkylation sites (N-methyl/N-ethyl adjacent to an activating group) is 1. The number of nitrogens with zero attached hydrogens (tertiary/aromatic N) is 5. The molecule has 0 bridgehead atoms. The number of carbonyl (C=O) groups is 1. The first-order valence-corrected chi connectivity index (χ1v) is 9.72. The Bertz CT molecular complexity index is 724. The van der Waals surface area contributed by atoms with Crippen molar-refractivity contribution in [2.75, 3.05) is 37.6 Å². The number of aromatic nitrogens is 2. The van der Waals surface area contributed by atoms with Gasteiger partial charge in [-0.1, -0.05) is 37.3 Å². The van der Waals surface area contributed by atoms with Crippen molar-refractivity contribution in [3.05, 3.63) is 53.9 Å². The molecule has 0 aliphatic carbocycles. The Morgan fingerprint density at radius 2 is 1.70 bits per heavy atom. The van der Waals surface area contributed by atoms with E-state index in [1.807, 2.05) is 49.1 Å². The van der Waals surface area contributed by atoms with Crippen molar-refractivity contribution >= 4 is 11.9 Å². The van der Waals surface area contributed by atoms with Crippen LogP contribution in [0.1, 0.15) is 36.7 Å². The maximum Gasteiger partial charge on any atom is 0.257 e. The minimum absolute atomic E-state index is 0.0313. The van der Waals surface area contributed by atoms with Gasteiger partial charge in [-0.3, -0.25) is 4.79 Å². The van der Waals surface area contributed by atoms with Gasteiger partial charge in [0.2, 0.25) is 5.95 Å². The van der Waals surface area contributed by atoms with Gasteiger partial charge in [0, 0.05) is 51.2 Å². The molecule has 27 heavy (non-hydrogen) atoms. The molecule has 0 saturated carbocycles. The summed E-state index contributed by atoms with van der Waals surface area (Å²) in [4.78, 5) is 28.4. The Hall–Kier alpha value is -2.47. The Balaban J connectivity index is 1.68. The second kappa shape index (κ2) is 8.95. The predicted octanol–water partition coefficient (Wildman–Crippen LogP) is 2.67. The molecule has 0 spiro atoms. The van der Waals surface area contributed by atoms with Crippen molar-refractivity contribution in [1.82, 2.24) is 19.8 Å². The topological polar surface area (TPSA) is 52.6 Å². The molecular weight excluding hydrogens is 338 g/mol. The molecule has 6 heteroatoms. The van der Waals surface area contributed by atoms with E-state index in [9.17, 15) is 4.79 Å². The SMILES string of the molecule is CCN1CCN(c2ncc(C(=O)N(Cc3ccccc3)C(C)C)cn2)CC1. The zero-order valence-corrected chi connectivity index (χ0v) is 16.5. The van der Waals surface area contributed by atoms with Crippen LogP contribution >= 0.6 is 0 Å². The van der Waals surface area contributed by atoms with Crippen LogP contribution in [-0.4, -0.2) is 64.4 Å². The standard InChI is InChI=1S/C21H29N5O/c1-4-24-10-12-25(13-11-24)21-22-14-19(15-23-21)20(27)26(17(2)3)16-18-8-6-5-7-9-18/h5-9,14-15,17H,4,10-13,16H2,1-3H3. The van der Waals surface area contributed by atoms with Crippen LogP contribution in [0.25, 0.3) is 0 Å². The summed E-state index contributed by atoms with van der Waals surface area (Å²) in [6, 6.07) is 10.1. The summed E-state index contributed by atoms with van der Waals surface area (Å²) in [5.74, 6) is 0.678. The van der Waals surface area contributed by atoms with Crippen LogP contribution < -0.4 is 4.90 Å². The third-order valence-electron chi connectivity index (χ3n) is 5.07. The molecule has 6 nitrogen and oxygen atoms in total. The number of amides is 1. The van der Waals surface area contributed by atoms with E-state index in [0.717, 1.165) is 38.3 Å². The lowest BCUT2D eigenvalue weighted by atomic mass is 10.1. The van der Waals surface area contributed by atoms with E-state index in [0.29, 0.717) is 18.1 Å². The lowest BCUT2D eigenvalue weighted by Crippen LogP contribution is -2.46. The van der Waals surface area contributed by atoms with E-state index < -0.39 is 0 Å². The van der Waals surface area contributed by atoms with Gasteiger partial charge >= 0.3 is 0 Å². The minimum atomic E-state index is -0.0313. The maximum absolute atomic E-state index is 13.0. The largest absolute Gasteiger partial charge is 0.338 e. The van der Waals surface area contributed by atoms with Crippen LogP contribution in [0.5, 0.6) is 0 Å². The van der Waals surface area contributed by atoms with Gasteiger partial charge in [0.25, 0.3) is 5.91 Å². The molecule has 0 atom stereocenters. The van der Waals surface area contributed by atoms with Crippen LogP contribution in [0, 0.1) is 0 Å². The lowest BCUT2D eigenvalue weighted by Gasteiger charge is -2.34. The highest BCUT2D eigenvalue weighted by Crippen LogP contribution is 2.15. The number of carbonyl (C=O) groups excluding carboxylic acids is 1. The van der Waals surface area contributed by atoms with E-state index in [1.165, 1.54) is 0 Å². The van der Waals surface area contributed by atoms with Gasteiger partial charge in [-0.2, -0.15) is 0 Å². The second-order valence-electron chi connectivity index (χ2n) is 7.21. The van der Waals surface area contributed by atoms with E-state index in [1.54, 1.807) is 12.4 Å². The fraction of sp³-hybridized carbons (Fsp3) is 0.476. The van der Waals surface area contributed by atoms with Crippen LogP contribution in [-0.2, 0) is 6.54 Å². The summed E-state index contributed by atoms with van der Waals surface area (Å²) in [6.45, 7) is 11.8. The number of benzene rings is 1. The van der Waals surface area contributed by atoms with Gasteiger partial charge in [0.1, 0.15) is 0 Å². The Morgan fingerprint density at radius 3 is 2.26 bits per heavy atom. The first kappa shape index (κ1) is 19.3. The molecule has 1 saturated heterocycles. The molecule has 1 aromatic carbocycles. The summed E-state index contributed by atoms with van der Waals surface area (Å²) >= 11 is 0. The molecule has 2 heterocycles. The van der Waals surface area contributed by atoms with Crippen LogP contribution in [0.4, 0.5) is 5.95 Å². The molecule has 1 aliphatic rings. The van der Waals surface area contributed by atoms with Gasteiger partial charge in [-0.05, 0) is 26.0 Å². The molecule has 0 unspecified atom stereocenters. The van der Waals surface area contributed by atoms with E-state index >= 15 is 0 Å². The Morgan fingerprint density at radius 1 is 1.07 bits per heavy atom. The predicted molar refractivity (Wildman–Crippen MR) is 108 cm³/mol. The maximum atomic E-state index is 13.0. The molecule has 1 aliphatic heterocycles. The Kier molecular flexibility index (Phi) is 6.40. The number of piperazine rings is 1. The van der Waals surface area contributed by atoms with Crippen molar-refractivity contribution in [2.24, 2.45) is 0 Å². The molecule has 1 fully saturated rings. The van der Waals surface area contributed by atoms with E-state index in [2.05, 4.69) is 26.7 Å². The molecule has 0 N–H and O–H groups in total. The fourth-order valence-electron chi connectivity index (χ4n) is 3.29. The molecular formula is C21H29N5O. The van der Waals surface area contributed by atoms with Crippen LogP contribution in [0.15, 0.2) is 42.7 Å². The van der Waals surface area contributed by atoms with Gasteiger partial charge in [0.05, 0.1) is 5.56 Å². The van der Waals surface area contributed by atoms with Crippen molar-refractivity contribution in [2.45, 2.75) is 33.4 Å². The summed E-state index contributed by atoms with van der Waals surface area (Å²) < 4.78 is 0. The summed E-state index contributed by atoms with van der Waals surface area (Å²) in [6.07, 6.45) is 3.33. The molecule has 1 amide bonds. The Labute approximate surface area is 161 Å². The highest BCUT2D eigenvalue weighted by atomic mass is 16.2. The first-order valence-electron chi connectivity index (χ1n) is 9.72. The van der Waals surface area contributed by atoms with Crippen LogP contribution in [0.2, 0.25) is 0 Å². The van der Waals surface area contributed by atoms with E-state index in [-0.39, 0.29) is 11.9 Å². The van der Waals surface area contributed by atoms with Crippen molar-refractivity contribution in [3.63, 3.8) is 0 Å². The monoisotopic (exact) mass is 367 g/mol. The highest BCUT2D eigenvalue weighted by molar-refractivity contribution is 5.93. The second-order valence-corrected chi connectivity index (χ2v) is 7.21. The zero-order chi connectivity index (χ0) is 19.2. The van der Waals surface area contributed by atoms with Gasteiger partial charge in [-0.15, -0.1) is 0 Å². The summed E-state index contributed by atoms with van der Waals surface area (Å²) in [5.41, 5.74) is 1.65. The van der Waals surface area contributed by atoms with Gasteiger partial charge in [0.15, 0.2) is 0 Å². The van der Waals surface area contributed by atoms with Crippen molar-refractivity contribution in [3.8, 4) is 0 Å². The summed E-state index contributed by atoms with van der Waals surface area (Å²) in [5, 5.41) is 0. The number of rotatable bonds is 6. The number of hydrogen-bond donors (Lipinski definition) is 0. The van der Waals surface area contributed by atoms with Gasteiger partial charge in [-0.25, -0.2) is 9.97 Å². The highest BCUT2D eigenvalue weighted by Gasteiger charge is 2.22. The molecule has 1 aromatic heterocycles. The molecule has 2 aromatic rings. The average Bonchev–Trinajstić information content (AvgIpc) is 2.72. The third kappa shape index (κ3) is 4.83. The van der Waals surface area contributed by atoms with Crippen molar-refractivity contribution in [1.29, 1.82) is 0 Å². The normalized spacial score (nSPS) is 15.2. The van der Waals surface area contributed by atoms with Crippen molar-refractivity contribution < 1.29 is 4.79 Å². The smallest absolute Gasteiger partial charge is 0.257 e.